The van der Waals surface area contributed by atoms with Crippen LogP contribution in [0.25, 0.3) is 0 Å². The third-order valence-electron chi connectivity index (χ3n) is 2.98. The van der Waals surface area contributed by atoms with Crippen LogP contribution in [-0.4, -0.2) is 22.1 Å². The standard InChI is InChI=1S/C17H15N3O4/c1-11(21)15(16(22)18-12-7-3-2-4-8-12)20-19-14-10-6-5-9-13(14)17(23)24/h2-10,21H,1H3,(H,18,22)(H,23,24)/b15-11-,20-19?. The summed E-state index contributed by atoms with van der Waals surface area (Å²) in [7, 11) is 0. The Kier molecular flexibility index (Phi) is 5.40. The Balaban J connectivity index is 2.26. The molecular weight excluding hydrogens is 310 g/mol. The molecule has 0 spiro atoms. The van der Waals surface area contributed by atoms with Crippen LogP contribution in [0.15, 0.2) is 76.3 Å². The number of para-hydroxylation sites is 1. The van der Waals surface area contributed by atoms with E-state index in [0.29, 0.717) is 5.69 Å². The highest BCUT2D eigenvalue weighted by Gasteiger charge is 2.14. The minimum absolute atomic E-state index is 0.0559. The van der Waals surface area contributed by atoms with E-state index < -0.39 is 11.9 Å². The average Bonchev–Trinajstić information content (AvgIpc) is 2.56. The van der Waals surface area contributed by atoms with Crippen LogP contribution in [-0.2, 0) is 4.79 Å². The summed E-state index contributed by atoms with van der Waals surface area (Å²) in [6.45, 7) is 1.29. The van der Waals surface area contributed by atoms with Gasteiger partial charge in [-0.3, -0.25) is 4.79 Å². The van der Waals surface area contributed by atoms with Gasteiger partial charge in [0.1, 0.15) is 11.4 Å². The molecule has 0 bridgehead atoms. The van der Waals surface area contributed by atoms with E-state index in [9.17, 15) is 14.7 Å². The third kappa shape index (κ3) is 4.26. The number of hydrogen-bond acceptors (Lipinski definition) is 5. The lowest BCUT2D eigenvalue weighted by atomic mass is 10.2. The van der Waals surface area contributed by atoms with Gasteiger partial charge in [0, 0.05) is 5.69 Å². The number of aliphatic hydroxyl groups is 1. The van der Waals surface area contributed by atoms with E-state index in [1.54, 1.807) is 42.5 Å². The Morgan fingerprint density at radius 2 is 1.58 bits per heavy atom. The highest BCUT2D eigenvalue weighted by molar-refractivity contribution is 6.03. The molecule has 0 aliphatic rings. The lowest BCUT2D eigenvalue weighted by Gasteiger charge is -2.05. The van der Waals surface area contributed by atoms with Gasteiger partial charge >= 0.3 is 5.97 Å². The highest BCUT2D eigenvalue weighted by atomic mass is 16.4. The topological polar surface area (TPSA) is 111 Å². The Hall–Kier alpha value is -3.48. The number of carbonyl (C=O) groups excluding carboxylic acids is 1. The molecule has 0 aliphatic heterocycles. The van der Waals surface area contributed by atoms with E-state index in [-0.39, 0.29) is 22.7 Å². The summed E-state index contributed by atoms with van der Waals surface area (Å²) in [6.07, 6.45) is 0. The Morgan fingerprint density at radius 1 is 0.958 bits per heavy atom. The smallest absolute Gasteiger partial charge is 0.337 e. The Morgan fingerprint density at radius 3 is 2.21 bits per heavy atom. The number of anilines is 1. The number of carbonyl (C=O) groups is 2. The second-order valence-corrected chi connectivity index (χ2v) is 4.78. The van der Waals surface area contributed by atoms with Crippen LogP contribution < -0.4 is 5.32 Å². The van der Waals surface area contributed by atoms with E-state index in [2.05, 4.69) is 15.5 Å². The first kappa shape index (κ1) is 16.9. The zero-order chi connectivity index (χ0) is 17.5. The maximum atomic E-state index is 12.2. The molecule has 0 atom stereocenters. The first-order valence-electron chi connectivity index (χ1n) is 6.99. The molecule has 0 radical (unpaired) electrons. The molecule has 2 aromatic rings. The molecule has 0 saturated carbocycles. The van der Waals surface area contributed by atoms with Crippen molar-refractivity contribution in [3.63, 3.8) is 0 Å². The van der Waals surface area contributed by atoms with E-state index >= 15 is 0 Å². The molecule has 0 fully saturated rings. The molecule has 24 heavy (non-hydrogen) atoms. The fourth-order valence-electron chi connectivity index (χ4n) is 1.84. The summed E-state index contributed by atoms with van der Waals surface area (Å²) in [5.41, 5.74) is 0.248. The minimum Gasteiger partial charge on any atom is -0.510 e. The van der Waals surface area contributed by atoms with Crippen molar-refractivity contribution in [2.75, 3.05) is 5.32 Å². The molecule has 2 rings (SSSR count). The van der Waals surface area contributed by atoms with Crippen molar-refractivity contribution >= 4 is 23.3 Å². The number of allylic oxidation sites excluding steroid dienone is 1. The van der Waals surface area contributed by atoms with Gasteiger partial charge in [-0.1, -0.05) is 30.3 Å². The Labute approximate surface area is 138 Å². The average molecular weight is 325 g/mol. The second kappa shape index (κ2) is 7.68. The van der Waals surface area contributed by atoms with Crippen LogP contribution in [0.3, 0.4) is 0 Å². The van der Waals surface area contributed by atoms with Crippen LogP contribution in [0.5, 0.6) is 0 Å². The number of hydrogen-bond donors (Lipinski definition) is 3. The number of nitrogens with zero attached hydrogens (tertiary/aromatic N) is 2. The molecule has 7 heteroatoms. The van der Waals surface area contributed by atoms with Crippen LogP contribution in [0.4, 0.5) is 11.4 Å². The number of aromatic carboxylic acids is 1. The maximum absolute atomic E-state index is 12.2. The molecule has 0 heterocycles. The molecule has 1 amide bonds. The maximum Gasteiger partial charge on any atom is 0.337 e. The summed E-state index contributed by atoms with van der Waals surface area (Å²) in [5.74, 6) is -2.15. The number of carboxylic acids is 1. The molecule has 3 N–H and O–H groups in total. The van der Waals surface area contributed by atoms with Gasteiger partial charge in [0.15, 0.2) is 5.70 Å². The Bertz CT molecular complexity index is 810. The quantitative estimate of drug-likeness (QED) is 0.440. The predicted octanol–water partition coefficient (Wildman–Crippen LogP) is 3.90. The van der Waals surface area contributed by atoms with Crippen molar-refractivity contribution < 1.29 is 19.8 Å². The summed E-state index contributed by atoms with van der Waals surface area (Å²) in [6, 6.07) is 14.6. The largest absolute Gasteiger partial charge is 0.510 e. The molecule has 0 aromatic heterocycles. The van der Waals surface area contributed by atoms with Crippen LogP contribution >= 0.6 is 0 Å². The normalized spacial score (nSPS) is 11.9. The van der Waals surface area contributed by atoms with Crippen molar-refractivity contribution in [1.29, 1.82) is 0 Å². The first-order valence-corrected chi connectivity index (χ1v) is 6.99. The molecular formula is C17H15N3O4. The van der Waals surface area contributed by atoms with Crippen molar-refractivity contribution in [2.24, 2.45) is 10.2 Å². The first-order chi connectivity index (χ1) is 11.5. The highest BCUT2D eigenvalue weighted by Crippen LogP contribution is 2.21. The van der Waals surface area contributed by atoms with Crippen molar-refractivity contribution in [3.05, 3.63) is 71.6 Å². The van der Waals surface area contributed by atoms with E-state index in [4.69, 9.17) is 5.11 Å². The fraction of sp³-hybridized carbons (Fsp3) is 0.0588. The summed E-state index contributed by atoms with van der Waals surface area (Å²) < 4.78 is 0. The number of aliphatic hydroxyl groups excluding tert-OH is 1. The van der Waals surface area contributed by atoms with E-state index in [0.717, 1.165) is 0 Å². The van der Waals surface area contributed by atoms with E-state index in [1.807, 2.05) is 0 Å². The number of nitrogens with one attached hydrogen (secondary N) is 1. The molecule has 0 unspecified atom stereocenters. The van der Waals surface area contributed by atoms with Gasteiger partial charge in [-0.05, 0) is 31.2 Å². The summed E-state index contributed by atoms with van der Waals surface area (Å²) >= 11 is 0. The zero-order valence-corrected chi connectivity index (χ0v) is 12.8. The van der Waals surface area contributed by atoms with Crippen molar-refractivity contribution in [1.82, 2.24) is 0 Å². The predicted molar refractivity (Wildman–Crippen MR) is 88.3 cm³/mol. The van der Waals surface area contributed by atoms with Crippen LogP contribution in [0.2, 0.25) is 0 Å². The molecule has 122 valence electrons. The number of azo groups is 1. The number of rotatable bonds is 5. The number of amides is 1. The van der Waals surface area contributed by atoms with Crippen molar-refractivity contribution in [2.45, 2.75) is 6.92 Å². The molecule has 7 nitrogen and oxygen atoms in total. The summed E-state index contributed by atoms with van der Waals surface area (Å²) in [4.78, 5) is 23.3. The third-order valence-corrected chi connectivity index (χ3v) is 2.98. The number of carboxylic acid groups (broad SMARTS) is 1. The lowest BCUT2D eigenvalue weighted by Crippen LogP contribution is -2.14. The van der Waals surface area contributed by atoms with Crippen LogP contribution in [0.1, 0.15) is 17.3 Å². The fourth-order valence-corrected chi connectivity index (χ4v) is 1.84. The van der Waals surface area contributed by atoms with Gasteiger partial charge < -0.3 is 15.5 Å². The number of benzene rings is 2. The monoisotopic (exact) mass is 325 g/mol. The summed E-state index contributed by atoms with van der Waals surface area (Å²) in [5, 5.41) is 28.8. The lowest BCUT2D eigenvalue weighted by molar-refractivity contribution is -0.113. The van der Waals surface area contributed by atoms with Gasteiger partial charge in [0.05, 0.1) is 5.56 Å². The SMILES string of the molecule is C/C(O)=C(/N=Nc1ccccc1C(=O)O)C(=O)Nc1ccccc1. The van der Waals surface area contributed by atoms with E-state index in [1.165, 1.54) is 19.1 Å². The second-order valence-electron chi connectivity index (χ2n) is 4.78. The van der Waals surface area contributed by atoms with Crippen LogP contribution in [0, 0.1) is 0 Å². The minimum atomic E-state index is -1.16. The van der Waals surface area contributed by atoms with Gasteiger partial charge in [-0.25, -0.2) is 4.79 Å². The van der Waals surface area contributed by atoms with Gasteiger partial charge in [0.25, 0.3) is 5.91 Å². The molecule has 0 aliphatic carbocycles. The van der Waals surface area contributed by atoms with Crippen molar-refractivity contribution in [3.8, 4) is 0 Å². The van der Waals surface area contributed by atoms with Gasteiger partial charge in [-0.2, -0.15) is 0 Å². The zero-order valence-electron chi connectivity index (χ0n) is 12.8. The molecule has 2 aromatic carbocycles. The van der Waals surface area contributed by atoms with Gasteiger partial charge in [0.2, 0.25) is 0 Å². The van der Waals surface area contributed by atoms with Gasteiger partial charge in [-0.15, -0.1) is 10.2 Å². The molecule has 0 saturated heterocycles.